The molecule has 0 aliphatic rings. The van der Waals surface area contributed by atoms with Crippen molar-refractivity contribution in [2.45, 2.75) is 49.6 Å². The highest BCUT2D eigenvalue weighted by Crippen LogP contribution is 2.35. The molecule has 0 atom stereocenters. The first-order chi connectivity index (χ1) is 9.86. The molecule has 0 spiro atoms. The van der Waals surface area contributed by atoms with Gasteiger partial charge < -0.3 is 10.2 Å². The summed E-state index contributed by atoms with van der Waals surface area (Å²) < 4.78 is 52.9. The molecule has 0 saturated heterocycles. The quantitative estimate of drug-likeness (QED) is 0.550. The van der Waals surface area contributed by atoms with Crippen LogP contribution in [0.25, 0.3) is 0 Å². The second kappa shape index (κ2) is 6.41. The van der Waals surface area contributed by atoms with Gasteiger partial charge >= 0.3 is 0 Å². The van der Waals surface area contributed by atoms with Gasteiger partial charge in [-0.05, 0) is 33.8 Å². The van der Waals surface area contributed by atoms with E-state index in [4.69, 9.17) is 0 Å². The lowest BCUT2D eigenvalue weighted by Crippen LogP contribution is -2.32. The Kier molecular flexibility index (Phi) is 5.44. The Balaban J connectivity index is 3.51. The van der Waals surface area contributed by atoms with Gasteiger partial charge in [-0.2, -0.15) is 0 Å². The van der Waals surface area contributed by atoms with Gasteiger partial charge in [-0.25, -0.2) is 26.3 Å². The fraction of sp³-hybridized carbons (Fsp3) is 0.500. The second-order valence-electron chi connectivity index (χ2n) is 5.34. The van der Waals surface area contributed by atoms with Crippen LogP contribution in [0.4, 0.5) is 0 Å². The van der Waals surface area contributed by atoms with Gasteiger partial charge in [0.05, 0.1) is 4.90 Å². The minimum Gasteiger partial charge on any atom is -0.504 e. The minimum absolute atomic E-state index is 0.421. The molecule has 0 amide bonds. The molecule has 0 heterocycles. The average molecular weight is 352 g/mol. The number of aromatic hydroxyl groups is 2. The van der Waals surface area contributed by atoms with Gasteiger partial charge in [0, 0.05) is 18.2 Å². The lowest BCUT2D eigenvalue weighted by molar-refractivity contribution is 0.390. The van der Waals surface area contributed by atoms with E-state index in [2.05, 4.69) is 9.44 Å². The highest BCUT2D eigenvalue weighted by Gasteiger charge is 2.26. The van der Waals surface area contributed by atoms with Gasteiger partial charge in [0.25, 0.3) is 0 Å². The second-order valence-corrected chi connectivity index (χ2v) is 8.74. The molecule has 0 aliphatic heterocycles. The summed E-state index contributed by atoms with van der Waals surface area (Å²) in [6.07, 6.45) is 0. The van der Waals surface area contributed by atoms with E-state index in [1.807, 2.05) is 0 Å². The van der Waals surface area contributed by atoms with E-state index >= 15 is 0 Å². The Morgan fingerprint density at radius 1 is 0.864 bits per heavy atom. The van der Waals surface area contributed by atoms with Crippen molar-refractivity contribution in [2.24, 2.45) is 0 Å². The van der Waals surface area contributed by atoms with Crippen LogP contribution < -0.4 is 9.44 Å². The summed E-state index contributed by atoms with van der Waals surface area (Å²) in [7, 11) is -8.20. The molecule has 0 radical (unpaired) electrons. The van der Waals surface area contributed by atoms with Crippen LogP contribution >= 0.6 is 0 Å². The maximum atomic E-state index is 12.1. The van der Waals surface area contributed by atoms with E-state index in [1.54, 1.807) is 27.7 Å². The van der Waals surface area contributed by atoms with Crippen LogP contribution in [-0.2, 0) is 20.0 Å². The van der Waals surface area contributed by atoms with Gasteiger partial charge in [-0.15, -0.1) is 0 Å². The third-order valence-corrected chi connectivity index (χ3v) is 5.72. The number of phenols is 2. The average Bonchev–Trinajstić information content (AvgIpc) is 2.28. The van der Waals surface area contributed by atoms with Crippen LogP contribution in [0.1, 0.15) is 27.7 Å². The standard InChI is InChI=1S/C12H20N2O6S2/c1-7(2)13-21(17,18)9-5-10(15)12(16)11(6-9)22(19,20)14-8(3)4/h5-8,13-16H,1-4H3. The number of hydrogen-bond donors (Lipinski definition) is 4. The molecule has 0 saturated carbocycles. The first-order valence-electron chi connectivity index (χ1n) is 6.47. The van der Waals surface area contributed by atoms with Crippen molar-refractivity contribution in [2.75, 3.05) is 0 Å². The zero-order chi connectivity index (χ0) is 17.3. The lowest BCUT2D eigenvalue weighted by Gasteiger charge is -2.14. The molecule has 0 bridgehead atoms. The zero-order valence-electron chi connectivity index (χ0n) is 12.7. The molecule has 4 N–H and O–H groups in total. The van der Waals surface area contributed by atoms with Crippen molar-refractivity contribution in [1.29, 1.82) is 0 Å². The van der Waals surface area contributed by atoms with Gasteiger partial charge in [0.1, 0.15) is 4.90 Å². The van der Waals surface area contributed by atoms with Crippen LogP contribution in [0.3, 0.4) is 0 Å². The van der Waals surface area contributed by atoms with Crippen molar-refractivity contribution in [3.8, 4) is 11.5 Å². The topological polar surface area (TPSA) is 133 Å². The van der Waals surface area contributed by atoms with Crippen LogP contribution in [0.5, 0.6) is 11.5 Å². The number of sulfonamides is 2. The number of nitrogens with one attached hydrogen (secondary N) is 2. The van der Waals surface area contributed by atoms with E-state index in [-0.39, 0.29) is 0 Å². The lowest BCUT2D eigenvalue weighted by atomic mass is 10.3. The third kappa shape index (κ3) is 4.32. The van der Waals surface area contributed by atoms with E-state index in [9.17, 15) is 27.0 Å². The molecular formula is C12H20N2O6S2. The highest BCUT2D eigenvalue weighted by atomic mass is 32.2. The van der Waals surface area contributed by atoms with Crippen molar-refractivity contribution in [3.05, 3.63) is 12.1 Å². The Labute approximate surface area is 130 Å². The zero-order valence-corrected chi connectivity index (χ0v) is 14.3. The summed E-state index contributed by atoms with van der Waals surface area (Å²) in [4.78, 5) is -1.16. The molecule has 1 aromatic carbocycles. The number of hydrogen-bond acceptors (Lipinski definition) is 6. The summed E-state index contributed by atoms with van der Waals surface area (Å²) in [6.45, 7) is 6.32. The molecule has 10 heteroatoms. The van der Waals surface area contributed by atoms with Gasteiger partial charge in [0.2, 0.25) is 20.0 Å². The summed E-state index contributed by atoms with van der Waals surface area (Å²) in [6, 6.07) is 0.689. The van der Waals surface area contributed by atoms with E-state index in [0.717, 1.165) is 12.1 Å². The van der Waals surface area contributed by atoms with Crippen molar-refractivity contribution in [1.82, 2.24) is 9.44 Å². The molecular weight excluding hydrogens is 332 g/mol. The Bertz CT molecular complexity index is 754. The van der Waals surface area contributed by atoms with Crippen molar-refractivity contribution in [3.63, 3.8) is 0 Å². The summed E-state index contributed by atoms with van der Waals surface area (Å²) in [5.74, 6) is -1.74. The molecule has 1 rings (SSSR count). The van der Waals surface area contributed by atoms with Crippen LogP contribution in [-0.4, -0.2) is 39.1 Å². The normalized spacial score (nSPS) is 13.0. The van der Waals surface area contributed by atoms with Crippen LogP contribution in [0.2, 0.25) is 0 Å². The van der Waals surface area contributed by atoms with E-state index in [0.29, 0.717) is 0 Å². The molecule has 0 aromatic heterocycles. The Morgan fingerprint density at radius 3 is 1.77 bits per heavy atom. The van der Waals surface area contributed by atoms with Gasteiger partial charge in [-0.1, -0.05) is 0 Å². The molecule has 0 aliphatic carbocycles. The number of benzene rings is 1. The molecule has 1 aromatic rings. The Hall–Kier alpha value is -1.36. The fourth-order valence-corrected chi connectivity index (χ4v) is 4.44. The first-order valence-corrected chi connectivity index (χ1v) is 9.44. The SMILES string of the molecule is CC(C)NS(=O)(=O)c1cc(O)c(O)c(S(=O)(=O)NC(C)C)c1. The predicted octanol–water partition coefficient (Wildman–Crippen LogP) is 0.471. The van der Waals surface area contributed by atoms with Crippen LogP contribution in [0.15, 0.2) is 21.9 Å². The Morgan fingerprint density at radius 2 is 1.32 bits per heavy atom. The summed E-state index contributed by atoms with van der Waals surface area (Å²) in [5, 5.41) is 19.4. The number of rotatable bonds is 6. The van der Waals surface area contributed by atoms with Gasteiger partial charge in [-0.3, -0.25) is 0 Å². The maximum Gasteiger partial charge on any atom is 0.244 e. The number of phenolic OH excluding ortho intramolecular Hbond substituents is 2. The van der Waals surface area contributed by atoms with Crippen molar-refractivity contribution >= 4 is 20.0 Å². The van der Waals surface area contributed by atoms with Crippen molar-refractivity contribution < 1.29 is 27.0 Å². The monoisotopic (exact) mass is 352 g/mol. The largest absolute Gasteiger partial charge is 0.504 e. The highest BCUT2D eigenvalue weighted by molar-refractivity contribution is 7.90. The molecule has 126 valence electrons. The molecule has 0 fully saturated rings. The minimum atomic E-state index is -4.18. The molecule has 22 heavy (non-hydrogen) atoms. The first kappa shape index (κ1) is 18.7. The maximum absolute atomic E-state index is 12.1. The van der Waals surface area contributed by atoms with E-state index < -0.39 is 53.4 Å². The van der Waals surface area contributed by atoms with E-state index in [1.165, 1.54) is 0 Å². The predicted molar refractivity (Wildman–Crippen MR) is 80.7 cm³/mol. The smallest absolute Gasteiger partial charge is 0.244 e. The third-order valence-electron chi connectivity index (χ3n) is 2.41. The molecule has 0 unspecified atom stereocenters. The fourth-order valence-electron chi connectivity index (χ4n) is 1.68. The summed E-state index contributed by atoms with van der Waals surface area (Å²) in [5.41, 5.74) is 0. The summed E-state index contributed by atoms with van der Waals surface area (Å²) >= 11 is 0. The van der Waals surface area contributed by atoms with Crippen LogP contribution in [0, 0.1) is 0 Å². The van der Waals surface area contributed by atoms with Gasteiger partial charge in [0.15, 0.2) is 11.5 Å². The molecule has 8 nitrogen and oxygen atoms in total.